The average Bonchev–Trinajstić information content (AvgIpc) is 2.33. The van der Waals surface area contributed by atoms with Crippen molar-refractivity contribution in [1.82, 2.24) is 16.0 Å². The molecule has 0 spiro atoms. The van der Waals surface area contributed by atoms with Crippen molar-refractivity contribution in [3.8, 4) is 0 Å². The van der Waals surface area contributed by atoms with Gasteiger partial charge in [0.25, 0.3) is 0 Å². The Labute approximate surface area is 125 Å². The first-order valence-corrected chi connectivity index (χ1v) is 6.88. The Hall–Kier alpha value is -1.79. The zero-order chi connectivity index (χ0) is 16.8. The highest BCUT2D eigenvalue weighted by Crippen LogP contribution is 2.21. The van der Waals surface area contributed by atoms with E-state index in [4.69, 9.17) is 5.11 Å². The third-order valence-electron chi connectivity index (χ3n) is 3.26. The molecule has 0 rings (SSSR count). The molecule has 0 heterocycles. The summed E-state index contributed by atoms with van der Waals surface area (Å²) in [6.07, 6.45) is -0.157. The third-order valence-corrected chi connectivity index (χ3v) is 3.26. The first kappa shape index (κ1) is 19.2. The van der Waals surface area contributed by atoms with Crippen LogP contribution in [0.5, 0.6) is 0 Å². The van der Waals surface area contributed by atoms with Crippen molar-refractivity contribution in [3.63, 3.8) is 0 Å². The van der Waals surface area contributed by atoms with Crippen LogP contribution in [0.4, 0.5) is 4.79 Å². The van der Waals surface area contributed by atoms with Crippen LogP contribution in [0.25, 0.3) is 0 Å². The first-order chi connectivity index (χ1) is 9.40. The van der Waals surface area contributed by atoms with E-state index in [0.29, 0.717) is 0 Å². The molecule has 0 fully saturated rings. The van der Waals surface area contributed by atoms with Crippen molar-refractivity contribution >= 4 is 17.9 Å². The fourth-order valence-corrected chi connectivity index (χ4v) is 1.68. The summed E-state index contributed by atoms with van der Waals surface area (Å²) in [5, 5.41) is 16.7. The molecule has 21 heavy (non-hydrogen) atoms. The predicted molar refractivity (Wildman–Crippen MR) is 79.9 cm³/mol. The number of nitrogens with one attached hydrogen (secondary N) is 3. The van der Waals surface area contributed by atoms with E-state index >= 15 is 0 Å². The molecule has 0 aromatic rings. The topological polar surface area (TPSA) is 108 Å². The van der Waals surface area contributed by atoms with Crippen molar-refractivity contribution in [2.45, 2.75) is 47.1 Å². The van der Waals surface area contributed by atoms with Crippen LogP contribution in [0.1, 0.15) is 41.0 Å². The normalized spacial score (nSPS) is 13.2. The van der Waals surface area contributed by atoms with Gasteiger partial charge in [-0.05, 0) is 19.3 Å². The smallest absolute Gasteiger partial charge is 0.315 e. The Morgan fingerprint density at radius 3 is 2.00 bits per heavy atom. The Balaban J connectivity index is 4.59. The van der Waals surface area contributed by atoms with E-state index in [0.717, 1.165) is 0 Å². The molecule has 0 aromatic carbocycles. The molecule has 7 nitrogen and oxygen atoms in total. The van der Waals surface area contributed by atoms with Gasteiger partial charge in [0.2, 0.25) is 5.91 Å². The number of carboxylic acid groups (broad SMARTS) is 1. The van der Waals surface area contributed by atoms with Gasteiger partial charge >= 0.3 is 12.0 Å². The molecule has 0 saturated heterocycles. The summed E-state index contributed by atoms with van der Waals surface area (Å²) in [4.78, 5) is 34.4. The second-order valence-electron chi connectivity index (χ2n) is 6.81. The second-order valence-corrected chi connectivity index (χ2v) is 6.81. The highest BCUT2D eigenvalue weighted by molar-refractivity contribution is 5.83. The molecule has 0 aliphatic rings. The number of amides is 3. The van der Waals surface area contributed by atoms with Gasteiger partial charge in [-0.15, -0.1) is 0 Å². The number of carbonyl (C=O) groups is 3. The van der Waals surface area contributed by atoms with Crippen LogP contribution < -0.4 is 16.0 Å². The fraction of sp³-hybridized carbons (Fsp3) is 0.786. The van der Waals surface area contributed by atoms with Crippen molar-refractivity contribution in [3.05, 3.63) is 0 Å². The minimum absolute atomic E-state index is 0.155. The molecular formula is C14H27N3O4. The van der Waals surface area contributed by atoms with Crippen LogP contribution in [-0.2, 0) is 9.59 Å². The van der Waals surface area contributed by atoms with Crippen molar-refractivity contribution in [2.24, 2.45) is 10.8 Å². The summed E-state index contributed by atoms with van der Waals surface area (Å²) in [6.45, 7) is 9.15. The van der Waals surface area contributed by atoms with Crippen LogP contribution in [0.2, 0.25) is 0 Å². The van der Waals surface area contributed by atoms with Gasteiger partial charge in [0.05, 0.1) is 11.8 Å². The van der Waals surface area contributed by atoms with Crippen molar-refractivity contribution in [1.29, 1.82) is 0 Å². The molecule has 0 aliphatic heterocycles. The maximum atomic E-state index is 11.9. The molecule has 7 heteroatoms. The summed E-state index contributed by atoms with van der Waals surface area (Å²) in [6, 6.07) is -0.980. The lowest BCUT2D eigenvalue weighted by molar-refractivity contribution is -0.138. The monoisotopic (exact) mass is 301 g/mol. The Bertz CT molecular complexity index is 400. The molecule has 1 atom stereocenters. The summed E-state index contributed by atoms with van der Waals surface area (Å²) >= 11 is 0. The highest BCUT2D eigenvalue weighted by Gasteiger charge is 2.30. The number of carbonyl (C=O) groups excluding carboxylic acids is 2. The van der Waals surface area contributed by atoms with Crippen LogP contribution in [0, 0.1) is 10.8 Å². The summed E-state index contributed by atoms with van der Waals surface area (Å²) in [5.74, 6) is -1.15. The summed E-state index contributed by atoms with van der Waals surface area (Å²) < 4.78 is 0. The number of urea groups is 1. The zero-order valence-corrected chi connectivity index (χ0v) is 13.7. The van der Waals surface area contributed by atoms with Crippen LogP contribution in [-0.4, -0.2) is 42.6 Å². The Morgan fingerprint density at radius 1 is 1.10 bits per heavy atom. The quantitative estimate of drug-likeness (QED) is 0.585. The van der Waals surface area contributed by atoms with E-state index < -0.39 is 23.5 Å². The molecule has 0 radical (unpaired) electrons. The van der Waals surface area contributed by atoms with Gasteiger partial charge < -0.3 is 21.1 Å². The van der Waals surface area contributed by atoms with Crippen LogP contribution >= 0.6 is 0 Å². The first-order valence-electron chi connectivity index (χ1n) is 6.88. The van der Waals surface area contributed by atoms with Gasteiger partial charge in [-0.1, -0.05) is 20.8 Å². The molecule has 0 aromatic heterocycles. The van der Waals surface area contributed by atoms with Crippen LogP contribution in [0.3, 0.4) is 0 Å². The minimum Gasteiger partial charge on any atom is -0.481 e. The molecule has 4 N–H and O–H groups in total. The van der Waals surface area contributed by atoms with Gasteiger partial charge in [-0.2, -0.15) is 0 Å². The zero-order valence-electron chi connectivity index (χ0n) is 13.7. The van der Waals surface area contributed by atoms with E-state index in [-0.39, 0.29) is 24.3 Å². The molecule has 1 unspecified atom stereocenters. The number of carboxylic acids is 1. The van der Waals surface area contributed by atoms with E-state index in [9.17, 15) is 14.4 Å². The van der Waals surface area contributed by atoms with E-state index in [1.54, 1.807) is 13.8 Å². The fourth-order valence-electron chi connectivity index (χ4n) is 1.68. The molecule has 0 bridgehead atoms. The molecule has 122 valence electrons. The van der Waals surface area contributed by atoms with Crippen LogP contribution in [0.15, 0.2) is 0 Å². The second kappa shape index (κ2) is 7.28. The van der Waals surface area contributed by atoms with E-state index in [1.807, 2.05) is 20.8 Å². The van der Waals surface area contributed by atoms with E-state index in [2.05, 4.69) is 16.0 Å². The Kier molecular flexibility index (Phi) is 6.66. The van der Waals surface area contributed by atoms with E-state index in [1.165, 1.54) is 7.05 Å². The predicted octanol–water partition coefficient (Wildman–Crippen LogP) is 0.947. The molecular weight excluding hydrogens is 274 g/mol. The molecule has 0 saturated carbocycles. The maximum absolute atomic E-state index is 11.9. The van der Waals surface area contributed by atoms with Gasteiger partial charge in [0.1, 0.15) is 0 Å². The molecule has 3 amide bonds. The standard InChI is InChI=1S/C14H27N3O4/c1-13(2,3)9(7-10(18)19)17-12(21)16-8-14(4,5)11(20)15-6/h9H,7-8H2,1-6H3,(H,15,20)(H,18,19)(H2,16,17,21). The SMILES string of the molecule is CNC(=O)C(C)(C)CNC(=O)NC(CC(=O)O)C(C)(C)C. The average molecular weight is 301 g/mol. The third kappa shape index (κ3) is 6.97. The number of hydrogen-bond donors (Lipinski definition) is 4. The number of aliphatic carboxylic acids is 1. The summed E-state index contributed by atoms with van der Waals surface area (Å²) in [5.41, 5.74) is -1.12. The van der Waals surface area contributed by atoms with Gasteiger partial charge in [0.15, 0.2) is 0 Å². The van der Waals surface area contributed by atoms with Gasteiger partial charge in [-0.25, -0.2) is 4.79 Å². The lowest BCUT2D eigenvalue weighted by Crippen LogP contribution is -2.52. The highest BCUT2D eigenvalue weighted by atomic mass is 16.4. The van der Waals surface area contributed by atoms with Crippen molar-refractivity contribution in [2.75, 3.05) is 13.6 Å². The van der Waals surface area contributed by atoms with Crippen molar-refractivity contribution < 1.29 is 19.5 Å². The molecule has 0 aliphatic carbocycles. The number of hydrogen-bond acceptors (Lipinski definition) is 3. The number of rotatable bonds is 6. The Morgan fingerprint density at radius 2 is 1.62 bits per heavy atom. The lowest BCUT2D eigenvalue weighted by atomic mass is 9.85. The minimum atomic E-state index is -0.971. The van der Waals surface area contributed by atoms with Gasteiger partial charge in [0, 0.05) is 19.6 Å². The largest absolute Gasteiger partial charge is 0.481 e. The summed E-state index contributed by atoms with van der Waals surface area (Å²) in [7, 11) is 1.53. The van der Waals surface area contributed by atoms with Gasteiger partial charge in [-0.3, -0.25) is 9.59 Å². The lowest BCUT2D eigenvalue weighted by Gasteiger charge is -2.31. The maximum Gasteiger partial charge on any atom is 0.315 e.